The van der Waals surface area contributed by atoms with Crippen molar-refractivity contribution in [2.75, 3.05) is 5.73 Å². The van der Waals surface area contributed by atoms with E-state index in [0.717, 1.165) is 5.69 Å². The molecule has 5 nitrogen and oxygen atoms in total. The van der Waals surface area contributed by atoms with Gasteiger partial charge in [0.2, 0.25) is 0 Å². The van der Waals surface area contributed by atoms with Gasteiger partial charge in [0.1, 0.15) is 5.82 Å². The molecule has 2 unspecified atom stereocenters. The van der Waals surface area contributed by atoms with Crippen LogP contribution in [-0.2, 0) is 4.79 Å². The van der Waals surface area contributed by atoms with Gasteiger partial charge in [0, 0.05) is 11.3 Å². The van der Waals surface area contributed by atoms with E-state index in [0.29, 0.717) is 17.8 Å². The number of carbonyl (C=O) groups is 1. The largest absolute Gasteiger partial charge is 0.481 e. The minimum Gasteiger partial charge on any atom is -0.481 e. The van der Waals surface area contributed by atoms with E-state index in [2.05, 4.69) is 10.2 Å². The first-order valence-electron chi connectivity index (χ1n) is 4.17. The van der Waals surface area contributed by atoms with Crippen molar-refractivity contribution >= 4 is 11.8 Å². The van der Waals surface area contributed by atoms with Crippen LogP contribution in [0.1, 0.15) is 36.4 Å². The van der Waals surface area contributed by atoms with Crippen molar-refractivity contribution in [2.24, 2.45) is 0 Å². The fourth-order valence-corrected chi connectivity index (χ4v) is 1.93. The summed E-state index contributed by atoms with van der Waals surface area (Å²) in [6.45, 7) is 1.97. The van der Waals surface area contributed by atoms with Gasteiger partial charge in [0.25, 0.3) is 0 Å². The molecule has 0 fully saturated rings. The number of aliphatic carboxylic acids is 1. The molecule has 13 heavy (non-hydrogen) atoms. The number of carboxylic acid groups (broad SMARTS) is 1. The van der Waals surface area contributed by atoms with Crippen LogP contribution in [0.25, 0.3) is 0 Å². The molecule has 70 valence electrons. The lowest BCUT2D eigenvalue weighted by Gasteiger charge is -2.03. The molecule has 0 aromatic carbocycles. The molecule has 1 aliphatic carbocycles. The average Bonchev–Trinajstić information content (AvgIpc) is 2.55. The second-order valence-corrected chi connectivity index (χ2v) is 3.46. The molecule has 0 aliphatic heterocycles. The summed E-state index contributed by atoms with van der Waals surface area (Å²) in [7, 11) is 0. The van der Waals surface area contributed by atoms with Crippen LogP contribution < -0.4 is 5.73 Å². The second-order valence-electron chi connectivity index (χ2n) is 3.46. The summed E-state index contributed by atoms with van der Waals surface area (Å²) in [5.74, 6) is -0.768. The van der Waals surface area contributed by atoms with Crippen LogP contribution in [0.5, 0.6) is 0 Å². The monoisotopic (exact) mass is 181 g/mol. The van der Waals surface area contributed by atoms with Crippen LogP contribution in [0.4, 0.5) is 5.82 Å². The smallest absolute Gasteiger partial charge is 0.311 e. The maximum Gasteiger partial charge on any atom is 0.311 e. The Morgan fingerprint density at radius 3 is 3.08 bits per heavy atom. The zero-order chi connectivity index (χ0) is 9.59. The summed E-state index contributed by atoms with van der Waals surface area (Å²) in [6.07, 6.45) is 0.614. The molecule has 0 saturated carbocycles. The molecule has 0 radical (unpaired) electrons. The molecular formula is C8H11N3O2. The third-order valence-corrected chi connectivity index (χ3v) is 2.59. The van der Waals surface area contributed by atoms with Gasteiger partial charge >= 0.3 is 5.97 Å². The molecule has 1 aromatic heterocycles. The Balaban J connectivity index is 2.50. The lowest BCUT2D eigenvalue weighted by atomic mass is 10.0. The number of H-pyrrole nitrogens is 1. The number of hydrogen-bond donors (Lipinski definition) is 3. The third-order valence-electron chi connectivity index (χ3n) is 2.59. The zero-order valence-electron chi connectivity index (χ0n) is 7.24. The number of rotatable bonds is 1. The Morgan fingerprint density at radius 2 is 2.46 bits per heavy atom. The third kappa shape index (κ3) is 0.998. The van der Waals surface area contributed by atoms with Crippen LogP contribution in [0.2, 0.25) is 0 Å². The average molecular weight is 181 g/mol. The lowest BCUT2D eigenvalue weighted by Crippen LogP contribution is -2.09. The molecule has 5 heteroatoms. The van der Waals surface area contributed by atoms with Crippen molar-refractivity contribution in [1.82, 2.24) is 10.2 Å². The molecule has 1 aromatic rings. The van der Waals surface area contributed by atoms with Crippen LogP contribution in [-0.4, -0.2) is 21.3 Å². The van der Waals surface area contributed by atoms with E-state index < -0.39 is 11.9 Å². The SMILES string of the molecule is CC1CC(C(=O)O)c2c(N)n[nH]c21. The fraction of sp³-hybridized carbons (Fsp3) is 0.500. The summed E-state index contributed by atoms with van der Waals surface area (Å²) in [5.41, 5.74) is 7.14. The quantitative estimate of drug-likeness (QED) is 0.593. The summed E-state index contributed by atoms with van der Waals surface area (Å²) < 4.78 is 0. The van der Waals surface area contributed by atoms with Crippen molar-refractivity contribution in [1.29, 1.82) is 0 Å². The Morgan fingerprint density at radius 1 is 1.77 bits per heavy atom. The summed E-state index contributed by atoms with van der Waals surface area (Å²) in [6, 6.07) is 0. The maximum atomic E-state index is 10.9. The molecule has 0 amide bonds. The zero-order valence-corrected chi connectivity index (χ0v) is 7.24. The van der Waals surface area contributed by atoms with Crippen LogP contribution in [0, 0.1) is 0 Å². The van der Waals surface area contributed by atoms with Crippen LogP contribution >= 0.6 is 0 Å². The number of hydrogen-bond acceptors (Lipinski definition) is 3. The molecule has 0 saturated heterocycles. The molecule has 4 N–H and O–H groups in total. The van der Waals surface area contributed by atoms with Crippen molar-refractivity contribution in [3.05, 3.63) is 11.3 Å². The molecular weight excluding hydrogens is 170 g/mol. The van der Waals surface area contributed by atoms with Gasteiger partial charge in [-0.05, 0) is 12.3 Å². The Bertz CT molecular complexity index is 358. The van der Waals surface area contributed by atoms with E-state index in [9.17, 15) is 4.79 Å². The van der Waals surface area contributed by atoms with E-state index in [1.54, 1.807) is 0 Å². The first kappa shape index (κ1) is 8.10. The Hall–Kier alpha value is -1.52. The van der Waals surface area contributed by atoms with E-state index in [1.165, 1.54) is 0 Å². The van der Waals surface area contributed by atoms with Gasteiger partial charge < -0.3 is 10.8 Å². The highest BCUT2D eigenvalue weighted by molar-refractivity contribution is 5.80. The van der Waals surface area contributed by atoms with Crippen LogP contribution in [0.3, 0.4) is 0 Å². The van der Waals surface area contributed by atoms with E-state index >= 15 is 0 Å². The van der Waals surface area contributed by atoms with E-state index in [1.807, 2.05) is 6.92 Å². The summed E-state index contributed by atoms with van der Waals surface area (Å²) >= 11 is 0. The van der Waals surface area contributed by atoms with Gasteiger partial charge in [0.15, 0.2) is 0 Å². The van der Waals surface area contributed by atoms with Crippen LogP contribution in [0.15, 0.2) is 0 Å². The van der Waals surface area contributed by atoms with Crippen molar-refractivity contribution in [3.8, 4) is 0 Å². The molecule has 1 heterocycles. The predicted octanol–water partition coefficient (Wildman–Crippen LogP) is 0.667. The highest BCUT2D eigenvalue weighted by atomic mass is 16.4. The number of nitrogens with one attached hydrogen (secondary N) is 1. The number of fused-ring (bicyclic) bond motifs is 1. The highest BCUT2D eigenvalue weighted by Gasteiger charge is 2.37. The number of aromatic nitrogens is 2. The van der Waals surface area contributed by atoms with Crippen molar-refractivity contribution in [3.63, 3.8) is 0 Å². The first-order chi connectivity index (χ1) is 6.11. The fourth-order valence-electron chi connectivity index (χ4n) is 1.93. The van der Waals surface area contributed by atoms with Gasteiger partial charge in [-0.3, -0.25) is 9.89 Å². The molecule has 2 rings (SSSR count). The van der Waals surface area contributed by atoms with Gasteiger partial charge in [-0.2, -0.15) is 5.10 Å². The number of carboxylic acids is 1. The summed E-state index contributed by atoms with van der Waals surface area (Å²) in [5, 5.41) is 15.5. The van der Waals surface area contributed by atoms with E-state index in [-0.39, 0.29) is 5.92 Å². The van der Waals surface area contributed by atoms with E-state index in [4.69, 9.17) is 10.8 Å². The molecule has 0 spiro atoms. The number of nitrogens with two attached hydrogens (primary N) is 1. The number of nitrogens with zero attached hydrogens (tertiary/aromatic N) is 1. The minimum atomic E-state index is -0.821. The van der Waals surface area contributed by atoms with Gasteiger partial charge in [-0.1, -0.05) is 6.92 Å². The Kier molecular flexibility index (Phi) is 1.55. The van der Waals surface area contributed by atoms with Gasteiger partial charge in [-0.15, -0.1) is 0 Å². The normalized spacial score (nSPS) is 25.9. The summed E-state index contributed by atoms with van der Waals surface area (Å²) in [4.78, 5) is 10.9. The predicted molar refractivity (Wildman–Crippen MR) is 46.4 cm³/mol. The van der Waals surface area contributed by atoms with Crippen molar-refractivity contribution < 1.29 is 9.90 Å². The standard InChI is InChI=1S/C8H11N3O2/c1-3-2-4(8(12)13)5-6(3)10-11-7(5)9/h3-4H,2H2,1H3,(H,12,13)(H3,9,10,11). The van der Waals surface area contributed by atoms with Crippen molar-refractivity contribution in [2.45, 2.75) is 25.2 Å². The maximum absolute atomic E-state index is 10.9. The second kappa shape index (κ2) is 2.48. The Labute approximate surface area is 74.9 Å². The van der Waals surface area contributed by atoms with Gasteiger partial charge in [-0.25, -0.2) is 0 Å². The number of nitrogen functional groups attached to an aromatic ring is 1. The minimum absolute atomic E-state index is 0.209. The lowest BCUT2D eigenvalue weighted by molar-refractivity contribution is -0.138. The molecule has 2 atom stereocenters. The van der Waals surface area contributed by atoms with Gasteiger partial charge in [0.05, 0.1) is 5.92 Å². The highest BCUT2D eigenvalue weighted by Crippen LogP contribution is 2.42. The number of anilines is 1. The molecule has 0 bridgehead atoms. The molecule has 1 aliphatic rings. The first-order valence-corrected chi connectivity index (χ1v) is 4.17. The topological polar surface area (TPSA) is 92.0 Å². The number of aromatic amines is 1.